The molecule has 1 aliphatic carbocycles. The monoisotopic (exact) mass is 651 g/mol. The first-order chi connectivity index (χ1) is 23.0. The van der Waals surface area contributed by atoms with Crippen LogP contribution >= 0.6 is 11.3 Å². The molecule has 0 saturated carbocycles. The quantitative estimate of drug-likeness (QED) is 0.296. The molecule has 2 saturated heterocycles. The minimum absolute atomic E-state index is 0.0696. The number of hydrogen-bond donors (Lipinski definition) is 1. The van der Waals surface area contributed by atoms with E-state index in [9.17, 15) is 14.4 Å². The maximum atomic E-state index is 13.8. The lowest BCUT2D eigenvalue weighted by atomic mass is 9.91. The van der Waals surface area contributed by atoms with Gasteiger partial charge in [0, 0.05) is 73.7 Å². The fourth-order valence-electron chi connectivity index (χ4n) is 7.29. The van der Waals surface area contributed by atoms with Gasteiger partial charge in [-0.2, -0.15) is 0 Å². The first-order valence-electron chi connectivity index (χ1n) is 16.4. The molecule has 0 spiro atoms. The van der Waals surface area contributed by atoms with Crippen molar-refractivity contribution in [3.63, 3.8) is 0 Å². The van der Waals surface area contributed by atoms with E-state index in [2.05, 4.69) is 25.1 Å². The third-order valence-corrected chi connectivity index (χ3v) is 11.3. The summed E-state index contributed by atoms with van der Waals surface area (Å²) < 4.78 is 6.83. The van der Waals surface area contributed by atoms with E-state index in [0.29, 0.717) is 46.5 Å². The summed E-state index contributed by atoms with van der Waals surface area (Å²) in [7, 11) is 1.68. The molecule has 0 aromatic carbocycles. The van der Waals surface area contributed by atoms with E-state index in [1.807, 2.05) is 18.3 Å². The molecule has 4 aromatic rings. The lowest BCUT2D eigenvalue weighted by molar-refractivity contribution is -0.0660. The average Bonchev–Trinajstić information content (AvgIpc) is 3.46. The van der Waals surface area contributed by atoms with E-state index < -0.39 is 0 Å². The predicted octanol–water partition coefficient (Wildman–Crippen LogP) is 4.06. The van der Waals surface area contributed by atoms with Crippen LogP contribution in [0, 0.1) is 0 Å². The van der Waals surface area contributed by atoms with Crippen molar-refractivity contribution in [3.8, 4) is 11.1 Å². The van der Waals surface area contributed by atoms with Gasteiger partial charge in [0.2, 0.25) is 0 Å². The zero-order valence-corrected chi connectivity index (χ0v) is 27.2. The van der Waals surface area contributed by atoms with Gasteiger partial charge < -0.3 is 24.4 Å². The van der Waals surface area contributed by atoms with Gasteiger partial charge in [0.15, 0.2) is 6.29 Å². The first kappa shape index (κ1) is 30.0. The normalized spacial score (nSPS) is 18.4. The molecule has 0 radical (unpaired) electrons. The van der Waals surface area contributed by atoms with Gasteiger partial charge in [-0.25, -0.2) is 4.98 Å². The summed E-state index contributed by atoms with van der Waals surface area (Å²) in [4.78, 5) is 57.4. The number of hydrogen-bond acceptors (Lipinski definition) is 10. The topological polar surface area (TPSA) is 113 Å². The molecule has 12 heteroatoms. The van der Waals surface area contributed by atoms with Gasteiger partial charge in [-0.1, -0.05) is 0 Å². The molecule has 11 nitrogen and oxygen atoms in total. The molecule has 3 aliphatic heterocycles. The smallest absolute Gasteiger partial charge is 0.274 e. The number of fused-ring (bicyclic) bond motifs is 3. The van der Waals surface area contributed by atoms with Crippen LogP contribution in [0.25, 0.3) is 11.1 Å². The summed E-state index contributed by atoms with van der Waals surface area (Å²) in [6, 6.07) is 6.17. The highest BCUT2D eigenvalue weighted by atomic mass is 32.1. The molecule has 1 N–H and O–H groups in total. The summed E-state index contributed by atoms with van der Waals surface area (Å²) in [5.41, 5.74) is 5.75. The van der Waals surface area contributed by atoms with E-state index in [-0.39, 0.29) is 11.5 Å². The van der Waals surface area contributed by atoms with Crippen LogP contribution in [0.15, 0.2) is 47.8 Å². The zero-order chi connectivity index (χ0) is 32.1. The van der Waals surface area contributed by atoms with Crippen LogP contribution in [0.4, 0.5) is 22.9 Å². The van der Waals surface area contributed by atoms with E-state index in [1.54, 1.807) is 47.9 Å². The molecule has 0 atom stereocenters. The number of rotatable bonds is 7. The molecule has 4 aliphatic rings. The number of aromatic nitrogens is 3. The molecule has 1 amide bonds. The molecule has 0 bridgehead atoms. The maximum absolute atomic E-state index is 13.8. The Morgan fingerprint density at radius 2 is 1.81 bits per heavy atom. The van der Waals surface area contributed by atoms with E-state index in [1.165, 1.54) is 27.0 Å². The molecule has 2 fully saturated rings. The number of aldehydes is 1. The largest absolute Gasteiger partial charge is 0.378 e. The van der Waals surface area contributed by atoms with Gasteiger partial charge in [0.05, 0.1) is 47.9 Å². The van der Waals surface area contributed by atoms with E-state index in [4.69, 9.17) is 4.74 Å². The maximum Gasteiger partial charge on any atom is 0.274 e. The standard InChI is InChI=1S/C35H37N7O4S/c1-39-18-22(14-29(34(39)44)38-32-7-6-23(15-37-32)40-10-12-41(13-11-40)24-20-46-21-24)27-16-36-17-30(28(27)19-43)42-9-8-26-25-4-2-3-5-31(25)47-33(26)35(42)45/h6-7,14-19,24H,2-5,8-13,20-21H2,1H3,(H,37,38). The second-order valence-corrected chi connectivity index (χ2v) is 13.9. The number of carbonyl (C=O) groups is 2. The van der Waals surface area contributed by atoms with Gasteiger partial charge in [0.1, 0.15) is 11.5 Å². The molecule has 8 rings (SSSR count). The van der Waals surface area contributed by atoms with Crippen LogP contribution in [-0.2, 0) is 31.0 Å². The number of carbonyl (C=O) groups excluding carboxylic acids is 2. The number of amides is 1. The molecular weight excluding hydrogens is 614 g/mol. The van der Waals surface area contributed by atoms with E-state index >= 15 is 0 Å². The third-order valence-electron chi connectivity index (χ3n) is 10.0. The van der Waals surface area contributed by atoms with Crippen LogP contribution in [0.3, 0.4) is 0 Å². The summed E-state index contributed by atoms with van der Waals surface area (Å²) in [5, 5.41) is 3.19. The van der Waals surface area contributed by atoms with Crippen molar-refractivity contribution in [3.05, 3.63) is 79.8 Å². The van der Waals surface area contributed by atoms with Crippen molar-refractivity contribution in [2.75, 3.05) is 61.1 Å². The van der Waals surface area contributed by atoms with Crippen LogP contribution in [0.2, 0.25) is 0 Å². The molecule has 47 heavy (non-hydrogen) atoms. The molecule has 0 unspecified atom stereocenters. The van der Waals surface area contributed by atoms with Gasteiger partial charge in [0.25, 0.3) is 11.5 Å². The van der Waals surface area contributed by atoms with Gasteiger partial charge in [-0.05, 0) is 61.4 Å². The van der Waals surface area contributed by atoms with Crippen molar-refractivity contribution >= 4 is 46.4 Å². The number of nitrogens with zero attached hydrogens (tertiary/aromatic N) is 6. The lowest BCUT2D eigenvalue weighted by Crippen LogP contribution is -2.56. The Morgan fingerprint density at radius 3 is 2.55 bits per heavy atom. The predicted molar refractivity (Wildman–Crippen MR) is 183 cm³/mol. The van der Waals surface area contributed by atoms with Crippen LogP contribution < -0.4 is 20.7 Å². The number of pyridine rings is 3. The summed E-state index contributed by atoms with van der Waals surface area (Å²) in [6.45, 7) is 6.01. The van der Waals surface area contributed by atoms with Crippen molar-refractivity contribution < 1.29 is 14.3 Å². The zero-order valence-electron chi connectivity index (χ0n) is 26.4. The SMILES string of the molecule is Cn1cc(-c2cncc(N3CCc4c(sc5c4CCCC5)C3=O)c2C=O)cc(Nc2ccc(N3CCN(C4COC4)CC3)cn2)c1=O. The average molecular weight is 652 g/mol. The number of aryl methyl sites for hydroxylation is 2. The first-order valence-corrected chi connectivity index (χ1v) is 17.2. The number of ether oxygens (including phenoxy) is 1. The number of piperazine rings is 1. The van der Waals surface area contributed by atoms with Crippen LogP contribution in [0.5, 0.6) is 0 Å². The van der Waals surface area contributed by atoms with E-state index in [0.717, 1.165) is 81.9 Å². The van der Waals surface area contributed by atoms with Gasteiger partial charge in [-0.15, -0.1) is 11.3 Å². The van der Waals surface area contributed by atoms with Gasteiger partial charge in [-0.3, -0.25) is 24.3 Å². The minimum Gasteiger partial charge on any atom is -0.378 e. The number of anilines is 4. The summed E-state index contributed by atoms with van der Waals surface area (Å²) >= 11 is 1.62. The third kappa shape index (κ3) is 5.43. The fourth-order valence-corrected chi connectivity index (χ4v) is 8.67. The highest BCUT2D eigenvalue weighted by Gasteiger charge is 2.34. The molecule has 7 heterocycles. The molecule has 4 aromatic heterocycles. The second-order valence-electron chi connectivity index (χ2n) is 12.8. The highest BCUT2D eigenvalue weighted by Crippen LogP contribution is 2.40. The number of thiophene rings is 1. The Morgan fingerprint density at radius 1 is 0.979 bits per heavy atom. The van der Waals surface area contributed by atoms with Crippen molar-refractivity contribution in [2.24, 2.45) is 7.05 Å². The van der Waals surface area contributed by atoms with Crippen molar-refractivity contribution in [2.45, 2.75) is 38.1 Å². The minimum atomic E-state index is -0.229. The Balaban J connectivity index is 1.04. The number of nitrogens with one attached hydrogen (secondary N) is 1. The van der Waals surface area contributed by atoms with Crippen molar-refractivity contribution in [1.29, 1.82) is 0 Å². The lowest BCUT2D eigenvalue weighted by Gasteiger charge is -2.43. The second kappa shape index (κ2) is 12.3. The Hall–Kier alpha value is -4.39. The van der Waals surface area contributed by atoms with Crippen LogP contribution in [0.1, 0.15) is 48.9 Å². The fraction of sp³-hybridized carbons (Fsp3) is 0.400. The Bertz CT molecular complexity index is 1910. The molecule has 242 valence electrons. The summed E-state index contributed by atoms with van der Waals surface area (Å²) in [6.07, 6.45) is 12.7. The van der Waals surface area contributed by atoms with Crippen LogP contribution in [-0.4, -0.2) is 83.6 Å². The Labute approximate surface area is 276 Å². The summed E-state index contributed by atoms with van der Waals surface area (Å²) in [5.74, 6) is 0.476. The molecular formula is C35H37N7O4S. The highest BCUT2D eigenvalue weighted by molar-refractivity contribution is 7.14. The Kier molecular flexibility index (Phi) is 7.86. The van der Waals surface area contributed by atoms with Gasteiger partial charge >= 0.3 is 0 Å². The van der Waals surface area contributed by atoms with Crippen molar-refractivity contribution in [1.82, 2.24) is 19.4 Å².